The van der Waals surface area contributed by atoms with E-state index in [1.54, 1.807) is 0 Å². The first kappa shape index (κ1) is 17.2. The van der Waals surface area contributed by atoms with E-state index in [9.17, 15) is 17.9 Å². The summed E-state index contributed by atoms with van der Waals surface area (Å²) in [5, 5.41) is 10.1. The molecule has 5 nitrogen and oxygen atoms in total. The van der Waals surface area contributed by atoms with Crippen molar-refractivity contribution in [2.24, 2.45) is 5.92 Å². The fourth-order valence-electron chi connectivity index (χ4n) is 2.78. The van der Waals surface area contributed by atoms with Crippen LogP contribution in [0.25, 0.3) is 0 Å². The Hall–Kier alpha value is -1.18. The fourth-order valence-corrected chi connectivity index (χ4v) is 3.84. The lowest BCUT2D eigenvalue weighted by atomic mass is 9.85. The third-order valence-electron chi connectivity index (χ3n) is 4.11. The van der Waals surface area contributed by atoms with Gasteiger partial charge in [0.15, 0.2) is 11.6 Å². The third-order valence-corrected chi connectivity index (χ3v) is 5.53. The summed E-state index contributed by atoms with van der Waals surface area (Å²) in [5.74, 6) is -0.622. The van der Waals surface area contributed by atoms with Gasteiger partial charge in [-0.1, -0.05) is 19.3 Å². The minimum absolute atomic E-state index is 0.0128. The van der Waals surface area contributed by atoms with Crippen molar-refractivity contribution in [2.45, 2.75) is 43.1 Å². The molecule has 124 valence electrons. The predicted molar refractivity (Wildman–Crippen MR) is 80.7 cm³/mol. The number of ether oxygens (including phenoxy) is 1. The van der Waals surface area contributed by atoms with Gasteiger partial charge in [0.2, 0.25) is 10.0 Å². The summed E-state index contributed by atoms with van der Waals surface area (Å²) in [7, 11) is -2.54. The normalized spacial score (nSPS) is 18.1. The smallest absolute Gasteiger partial charge is 0.240 e. The zero-order valence-electron chi connectivity index (χ0n) is 12.6. The summed E-state index contributed by atoms with van der Waals surface area (Å²) in [6.07, 6.45) is 4.43. The summed E-state index contributed by atoms with van der Waals surface area (Å²) in [5.41, 5.74) is 0. The van der Waals surface area contributed by atoms with Crippen LogP contribution < -0.4 is 9.46 Å². The summed E-state index contributed by atoms with van der Waals surface area (Å²) in [6.45, 7) is -0.0549. The molecule has 2 N–H and O–H groups in total. The number of rotatable bonds is 6. The molecular formula is C15H22FNO4S. The molecule has 0 amide bonds. The molecule has 22 heavy (non-hydrogen) atoms. The first-order chi connectivity index (χ1) is 10.4. The van der Waals surface area contributed by atoms with Crippen molar-refractivity contribution >= 4 is 10.0 Å². The average molecular weight is 331 g/mol. The standard InChI is InChI=1S/C15H22FNO4S/c1-21-15-8-7-12(9-13(15)16)22(19,20)17-10-14(18)11-5-3-2-4-6-11/h7-9,11,14,17-18H,2-6,10H2,1H3. The number of hydrogen-bond donors (Lipinski definition) is 2. The van der Waals surface area contributed by atoms with Gasteiger partial charge in [0.05, 0.1) is 18.1 Å². The monoisotopic (exact) mass is 331 g/mol. The Labute approximate surface area is 130 Å². The molecule has 1 aliphatic rings. The van der Waals surface area contributed by atoms with Gasteiger partial charge in [-0.25, -0.2) is 17.5 Å². The molecule has 0 heterocycles. The van der Waals surface area contributed by atoms with Crippen LogP contribution in [0.2, 0.25) is 0 Å². The maximum Gasteiger partial charge on any atom is 0.240 e. The maximum absolute atomic E-state index is 13.6. The molecule has 0 saturated heterocycles. The number of hydrogen-bond acceptors (Lipinski definition) is 4. The van der Waals surface area contributed by atoms with Gasteiger partial charge >= 0.3 is 0 Å². The molecule has 0 aromatic heterocycles. The molecule has 1 saturated carbocycles. The molecule has 0 spiro atoms. The SMILES string of the molecule is COc1ccc(S(=O)(=O)NCC(O)C2CCCCC2)cc1F. The van der Waals surface area contributed by atoms with Crippen molar-refractivity contribution in [1.29, 1.82) is 0 Å². The van der Waals surface area contributed by atoms with E-state index in [2.05, 4.69) is 4.72 Å². The van der Waals surface area contributed by atoms with Gasteiger partial charge in [0, 0.05) is 6.54 Å². The number of sulfonamides is 1. The van der Waals surface area contributed by atoms with E-state index in [4.69, 9.17) is 4.74 Å². The van der Waals surface area contributed by atoms with E-state index in [0.29, 0.717) is 0 Å². The summed E-state index contributed by atoms with van der Waals surface area (Å²) in [6, 6.07) is 3.45. The number of methoxy groups -OCH3 is 1. The van der Waals surface area contributed by atoms with Gasteiger partial charge in [-0.2, -0.15) is 0 Å². The molecule has 1 aromatic rings. The van der Waals surface area contributed by atoms with Crippen LogP contribution in [-0.2, 0) is 10.0 Å². The second kappa shape index (κ2) is 7.39. The second-order valence-electron chi connectivity index (χ2n) is 5.61. The molecule has 1 aliphatic carbocycles. The summed E-state index contributed by atoms with van der Waals surface area (Å²) in [4.78, 5) is -0.179. The van der Waals surface area contributed by atoms with Crippen molar-refractivity contribution in [3.05, 3.63) is 24.0 Å². The molecule has 2 rings (SSSR count). The summed E-state index contributed by atoms with van der Waals surface area (Å²) < 4.78 is 45.0. The average Bonchev–Trinajstić information content (AvgIpc) is 2.53. The number of benzene rings is 1. The van der Waals surface area contributed by atoms with E-state index in [1.807, 2.05) is 0 Å². The second-order valence-corrected chi connectivity index (χ2v) is 7.38. The lowest BCUT2D eigenvalue weighted by Crippen LogP contribution is -2.37. The minimum Gasteiger partial charge on any atom is -0.494 e. The van der Waals surface area contributed by atoms with E-state index < -0.39 is 21.9 Å². The van der Waals surface area contributed by atoms with Crippen LogP contribution in [0.4, 0.5) is 4.39 Å². The topological polar surface area (TPSA) is 75.6 Å². The largest absolute Gasteiger partial charge is 0.494 e. The van der Waals surface area contributed by atoms with Crippen LogP contribution in [0.1, 0.15) is 32.1 Å². The van der Waals surface area contributed by atoms with Gasteiger partial charge in [-0.15, -0.1) is 0 Å². The molecule has 1 aromatic carbocycles. The van der Waals surface area contributed by atoms with Crippen LogP contribution in [0.15, 0.2) is 23.1 Å². The number of aliphatic hydroxyl groups is 1. The highest BCUT2D eigenvalue weighted by atomic mass is 32.2. The highest BCUT2D eigenvalue weighted by Crippen LogP contribution is 2.26. The Morgan fingerprint density at radius 1 is 1.36 bits per heavy atom. The number of nitrogens with one attached hydrogen (secondary N) is 1. The van der Waals surface area contributed by atoms with Crippen molar-refractivity contribution < 1.29 is 22.7 Å². The molecule has 0 radical (unpaired) electrons. The van der Waals surface area contributed by atoms with Gasteiger partial charge in [0.25, 0.3) is 0 Å². The molecule has 0 bridgehead atoms. The van der Waals surface area contributed by atoms with Gasteiger partial charge in [-0.05, 0) is 37.0 Å². The van der Waals surface area contributed by atoms with E-state index in [1.165, 1.54) is 25.7 Å². The molecular weight excluding hydrogens is 309 g/mol. The Kier molecular flexibility index (Phi) is 5.77. The molecule has 1 unspecified atom stereocenters. The Morgan fingerprint density at radius 2 is 2.05 bits per heavy atom. The third kappa shape index (κ3) is 4.18. The zero-order chi connectivity index (χ0) is 16.2. The predicted octanol–water partition coefficient (Wildman–Crippen LogP) is 2.05. The number of halogens is 1. The van der Waals surface area contributed by atoms with E-state index in [-0.39, 0.29) is 23.1 Å². The van der Waals surface area contributed by atoms with Crippen LogP contribution in [0.3, 0.4) is 0 Å². The van der Waals surface area contributed by atoms with E-state index >= 15 is 0 Å². The van der Waals surface area contributed by atoms with Crippen molar-refractivity contribution in [2.75, 3.05) is 13.7 Å². The van der Waals surface area contributed by atoms with Crippen LogP contribution in [0, 0.1) is 11.7 Å². The maximum atomic E-state index is 13.6. The van der Waals surface area contributed by atoms with Crippen LogP contribution >= 0.6 is 0 Å². The van der Waals surface area contributed by atoms with Gasteiger partial charge in [-0.3, -0.25) is 0 Å². The van der Waals surface area contributed by atoms with Crippen molar-refractivity contribution in [3.63, 3.8) is 0 Å². The van der Waals surface area contributed by atoms with Gasteiger partial charge < -0.3 is 9.84 Å². The highest BCUT2D eigenvalue weighted by Gasteiger charge is 2.24. The molecule has 1 fully saturated rings. The number of aliphatic hydroxyl groups excluding tert-OH is 1. The molecule has 1 atom stereocenters. The van der Waals surface area contributed by atoms with Crippen LogP contribution in [-0.4, -0.2) is 33.3 Å². The summed E-state index contributed by atoms with van der Waals surface area (Å²) >= 11 is 0. The van der Waals surface area contributed by atoms with Crippen molar-refractivity contribution in [3.8, 4) is 5.75 Å². The van der Waals surface area contributed by atoms with Crippen molar-refractivity contribution in [1.82, 2.24) is 4.72 Å². The lowest BCUT2D eigenvalue weighted by molar-refractivity contribution is 0.0888. The Bertz CT molecular complexity index is 600. The highest BCUT2D eigenvalue weighted by molar-refractivity contribution is 7.89. The quantitative estimate of drug-likeness (QED) is 0.836. The van der Waals surface area contributed by atoms with Gasteiger partial charge in [0.1, 0.15) is 0 Å². The lowest BCUT2D eigenvalue weighted by Gasteiger charge is -2.26. The van der Waals surface area contributed by atoms with E-state index in [0.717, 1.165) is 31.7 Å². The van der Waals surface area contributed by atoms with Crippen LogP contribution in [0.5, 0.6) is 5.75 Å². The first-order valence-corrected chi connectivity index (χ1v) is 8.93. The molecule has 0 aliphatic heterocycles. The first-order valence-electron chi connectivity index (χ1n) is 7.45. The Morgan fingerprint density at radius 3 is 2.64 bits per heavy atom. The fraction of sp³-hybridized carbons (Fsp3) is 0.600. The Balaban J connectivity index is 1.99. The molecule has 7 heteroatoms. The minimum atomic E-state index is -3.85. The zero-order valence-corrected chi connectivity index (χ0v) is 13.4.